The average molecular weight is 400 g/mol. The summed E-state index contributed by atoms with van der Waals surface area (Å²) in [5, 5.41) is 19.8. The second kappa shape index (κ2) is 10.4. The summed E-state index contributed by atoms with van der Waals surface area (Å²) in [6, 6.07) is 17.6. The first-order chi connectivity index (χ1) is 13.6. The van der Waals surface area contributed by atoms with Gasteiger partial charge in [0, 0.05) is 44.3 Å². The van der Waals surface area contributed by atoms with E-state index in [1.54, 1.807) is 0 Å². The molecule has 0 bridgehead atoms. The second-order valence-corrected chi connectivity index (χ2v) is 7.59. The molecule has 1 unspecified atom stereocenters. The molecule has 0 aliphatic carbocycles. The minimum atomic E-state index is -0.529. The quantitative estimate of drug-likeness (QED) is 0.739. The summed E-state index contributed by atoms with van der Waals surface area (Å²) in [6.45, 7) is 5.58. The van der Waals surface area contributed by atoms with Gasteiger partial charge < -0.3 is 9.84 Å². The zero-order chi connectivity index (χ0) is 19.8. The summed E-state index contributed by atoms with van der Waals surface area (Å²) in [7, 11) is 0. The Bertz CT molecular complexity index is 783. The topological polar surface area (TPSA) is 59.7 Å². The Kier molecular flexibility index (Phi) is 7.70. The minimum Gasteiger partial charge on any atom is -0.491 e. The van der Waals surface area contributed by atoms with Crippen LogP contribution in [0, 0.1) is 11.3 Å². The summed E-state index contributed by atoms with van der Waals surface area (Å²) in [5.41, 5.74) is 2.20. The number of aliphatic hydroxyl groups excluding tert-OH is 1. The Morgan fingerprint density at radius 2 is 1.75 bits per heavy atom. The number of halogens is 1. The van der Waals surface area contributed by atoms with Crippen molar-refractivity contribution in [2.24, 2.45) is 0 Å². The van der Waals surface area contributed by atoms with Gasteiger partial charge in [-0.05, 0) is 35.4 Å². The van der Waals surface area contributed by atoms with Gasteiger partial charge in [0.1, 0.15) is 18.5 Å². The molecule has 0 saturated carbocycles. The highest BCUT2D eigenvalue weighted by Gasteiger charge is 2.19. The van der Waals surface area contributed by atoms with Crippen LogP contribution >= 0.6 is 11.6 Å². The van der Waals surface area contributed by atoms with E-state index in [0.717, 1.165) is 43.3 Å². The van der Waals surface area contributed by atoms with Crippen molar-refractivity contribution in [3.05, 3.63) is 64.7 Å². The molecular formula is C22H26ClN3O2. The Morgan fingerprint density at radius 1 is 1.04 bits per heavy atom. The van der Waals surface area contributed by atoms with E-state index in [0.29, 0.717) is 18.7 Å². The molecule has 1 heterocycles. The van der Waals surface area contributed by atoms with E-state index in [4.69, 9.17) is 21.6 Å². The van der Waals surface area contributed by atoms with E-state index in [1.165, 1.54) is 5.56 Å². The van der Waals surface area contributed by atoms with Gasteiger partial charge in [-0.2, -0.15) is 5.26 Å². The maximum atomic E-state index is 10.3. The highest BCUT2D eigenvalue weighted by molar-refractivity contribution is 6.30. The van der Waals surface area contributed by atoms with Crippen molar-refractivity contribution in [3.8, 4) is 11.8 Å². The lowest BCUT2D eigenvalue weighted by atomic mass is 10.2. The number of rotatable bonds is 8. The molecule has 0 radical (unpaired) electrons. The van der Waals surface area contributed by atoms with Crippen molar-refractivity contribution in [1.29, 1.82) is 5.26 Å². The van der Waals surface area contributed by atoms with Crippen LogP contribution in [0.4, 0.5) is 0 Å². The van der Waals surface area contributed by atoms with Gasteiger partial charge in [-0.3, -0.25) is 9.80 Å². The van der Waals surface area contributed by atoms with E-state index in [-0.39, 0.29) is 6.61 Å². The fraction of sp³-hybridized carbons (Fsp3) is 0.409. The zero-order valence-corrected chi connectivity index (χ0v) is 16.7. The third kappa shape index (κ3) is 6.50. The van der Waals surface area contributed by atoms with Crippen LogP contribution in [0.3, 0.4) is 0 Å². The minimum absolute atomic E-state index is 0.264. The number of nitriles is 1. The molecule has 0 aromatic heterocycles. The Balaban J connectivity index is 1.36. The molecule has 2 aromatic carbocycles. The van der Waals surface area contributed by atoms with Crippen molar-refractivity contribution in [1.82, 2.24) is 9.80 Å². The summed E-state index contributed by atoms with van der Waals surface area (Å²) in [5.74, 6) is 0.715. The van der Waals surface area contributed by atoms with Crippen LogP contribution in [0.25, 0.3) is 0 Å². The zero-order valence-electron chi connectivity index (χ0n) is 15.9. The fourth-order valence-electron chi connectivity index (χ4n) is 3.36. The van der Waals surface area contributed by atoms with Crippen LogP contribution in [-0.2, 0) is 13.0 Å². The van der Waals surface area contributed by atoms with Gasteiger partial charge >= 0.3 is 0 Å². The Labute approximate surface area is 171 Å². The van der Waals surface area contributed by atoms with Gasteiger partial charge in [-0.25, -0.2) is 0 Å². The van der Waals surface area contributed by atoms with Crippen molar-refractivity contribution in [2.45, 2.75) is 19.1 Å². The van der Waals surface area contributed by atoms with Crippen LogP contribution < -0.4 is 4.74 Å². The monoisotopic (exact) mass is 399 g/mol. The molecule has 1 N–H and O–H groups in total. The second-order valence-electron chi connectivity index (χ2n) is 7.15. The molecule has 148 valence electrons. The summed E-state index contributed by atoms with van der Waals surface area (Å²) >= 11 is 6.06. The van der Waals surface area contributed by atoms with Gasteiger partial charge in [-0.15, -0.1) is 0 Å². The number of hydrogen-bond donors (Lipinski definition) is 1. The van der Waals surface area contributed by atoms with Gasteiger partial charge in [-0.1, -0.05) is 35.9 Å². The molecule has 0 amide bonds. The number of nitrogens with zero attached hydrogens (tertiary/aromatic N) is 3. The number of aliphatic hydroxyl groups is 1. The van der Waals surface area contributed by atoms with E-state index >= 15 is 0 Å². The third-order valence-electron chi connectivity index (χ3n) is 4.88. The predicted molar refractivity (Wildman–Crippen MR) is 110 cm³/mol. The van der Waals surface area contributed by atoms with Crippen LogP contribution in [0.2, 0.25) is 5.02 Å². The number of piperazine rings is 1. The van der Waals surface area contributed by atoms with Crippen LogP contribution in [0.5, 0.6) is 5.75 Å². The number of β-amino-alcohol motifs (C(OH)–C–C–N with tert-alkyl or cyclic N) is 1. The maximum Gasteiger partial charge on any atom is 0.119 e. The van der Waals surface area contributed by atoms with Gasteiger partial charge in [0.05, 0.1) is 12.5 Å². The average Bonchev–Trinajstić information content (AvgIpc) is 2.69. The molecule has 1 aliphatic heterocycles. The predicted octanol–water partition coefficient (Wildman–Crippen LogP) is 2.96. The van der Waals surface area contributed by atoms with Crippen molar-refractivity contribution in [2.75, 3.05) is 39.3 Å². The standard InChI is InChI=1S/C22H26ClN3O2/c23-20-3-1-2-19(14-20)15-25-10-12-26(13-11-25)16-21(27)17-28-22-6-4-18(5-7-22)8-9-24/h1-7,14,21,27H,8,10-13,15-17H2. The normalized spacial score (nSPS) is 16.5. The first-order valence-corrected chi connectivity index (χ1v) is 9.96. The van der Waals surface area contributed by atoms with Crippen LogP contribution in [0.1, 0.15) is 11.1 Å². The molecule has 5 nitrogen and oxygen atoms in total. The van der Waals surface area contributed by atoms with Gasteiger partial charge in [0.25, 0.3) is 0 Å². The van der Waals surface area contributed by atoms with Gasteiger partial charge in [0.15, 0.2) is 0 Å². The number of benzene rings is 2. The SMILES string of the molecule is N#CCc1ccc(OCC(O)CN2CCN(Cc3cccc(Cl)c3)CC2)cc1. The molecule has 28 heavy (non-hydrogen) atoms. The number of ether oxygens (including phenoxy) is 1. The summed E-state index contributed by atoms with van der Waals surface area (Å²) in [6.07, 6.45) is -0.134. The molecular weight excluding hydrogens is 374 g/mol. The van der Waals surface area contributed by atoms with Crippen molar-refractivity contribution < 1.29 is 9.84 Å². The van der Waals surface area contributed by atoms with E-state index in [1.807, 2.05) is 42.5 Å². The van der Waals surface area contributed by atoms with Gasteiger partial charge in [0.2, 0.25) is 0 Å². The fourth-order valence-corrected chi connectivity index (χ4v) is 3.57. The molecule has 0 spiro atoms. The highest BCUT2D eigenvalue weighted by Crippen LogP contribution is 2.15. The lowest BCUT2D eigenvalue weighted by molar-refractivity contribution is 0.0446. The first-order valence-electron chi connectivity index (χ1n) is 9.58. The molecule has 1 fully saturated rings. The Hall–Kier alpha value is -2.10. The lowest BCUT2D eigenvalue weighted by Gasteiger charge is -2.35. The van der Waals surface area contributed by atoms with Crippen molar-refractivity contribution >= 4 is 11.6 Å². The molecule has 1 atom stereocenters. The number of hydrogen-bond acceptors (Lipinski definition) is 5. The first kappa shape index (κ1) is 20.6. The molecule has 3 rings (SSSR count). The van der Waals surface area contributed by atoms with E-state index < -0.39 is 6.10 Å². The van der Waals surface area contributed by atoms with Crippen molar-refractivity contribution in [3.63, 3.8) is 0 Å². The third-order valence-corrected chi connectivity index (χ3v) is 5.11. The molecule has 6 heteroatoms. The van der Waals surface area contributed by atoms with E-state index in [9.17, 15) is 5.11 Å². The maximum absolute atomic E-state index is 10.3. The summed E-state index contributed by atoms with van der Waals surface area (Å²) < 4.78 is 5.67. The largest absolute Gasteiger partial charge is 0.491 e. The molecule has 1 saturated heterocycles. The summed E-state index contributed by atoms with van der Waals surface area (Å²) in [4.78, 5) is 4.69. The lowest BCUT2D eigenvalue weighted by Crippen LogP contribution is -2.48. The van der Waals surface area contributed by atoms with E-state index in [2.05, 4.69) is 21.9 Å². The van der Waals surface area contributed by atoms with Crippen LogP contribution in [0.15, 0.2) is 48.5 Å². The Morgan fingerprint density at radius 3 is 2.43 bits per heavy atom. The van der Waals surface area contributed by atoms with Crippen LogP contribution in [-0.4, -0.2) is 60.3 Å². The molecule has 1 aliphatic rings. The molecule has 2 aromatic rings. The highest BCUT2D eigenvalue weighted by atomic mass is 35.5. The smallest absolute Gasteiger partial charge is 0.119 e.